The van der Waals surface area contributed by atoms with Crippen LogP contribution in [0.2, 0.25) is 0 Å². The number of nitrogens with zero attached hydrogens (tertiary/aromatic N) is 2. The Morgan fingerprint density at radius 3 is 2.38 bits per heavy atom. The van der Waals surface area contributed by atoms with Crippen molar-refractivity contribution in [2.45, 2.75) is 13.5 Å². The lowest BCUT2D eigenvalue weighted by molar-refractivity contribution is -0.113. The van der Waals surface area contributed by atoms with Gasteiger partial charge >= 0.3 is 5.91 Å². The average Bonchev–Trinajstić information content (AvgIpc) is 3.05. The Kier molecular flexibility index (Phi) is 4.73. The molecular formula is C20H16N2O2. The molecule has 0 spiro atoms. The van der Waals surface area contributed by atoms with E-state index in [1.54, 1.807) is 13.0 Å². The Morgan fingerprint density at radius 2 is 1.75 bits per heavy atom. The lowest BCUT2D eigenvalue weighted by Gasteiger charge is -2.16. The zero-order chi connectivity index (χ0) is 16.8. The number of amides is 1. The molecule has 1 amide bonds. The summed E-state index contributed by atoms with van der Waals surface area (Å²) in [4.78, 5) is 14.1. The maximum Gasteiger partial charge on any atom is 0.304 e. The summed E-state index contributed by atoms with van der Waals surface area (Å²) in [5, 5.41) is 3.95. The second-order valence-electron chi connectivity index (χ2n) is 5.29. The SMILES string of the molecule is Cc1cc(N(Cc2ccccc2)C(=O)C#Cc2ccccc2)no1. The molecule has 0 bridgehead atoms. The lowest BCUT2D eigenvalue weighted by atomic mass is 10.2. The standard InChI is InChI=1S/C20H16N2O2/c1-16-14-19(21-24-16)22(15-18-10-6-3-7-11-18)20(23)13-12-17-8-4-2-5-9-17/h2-11,14H,15H2,1H3. The van der Waals surface area contributed by atoms with Gasteiger partial charge in [-0.25, -0.2) is 0 Å². The Bertz CT molecular complexity index is 874. The quantitative estimate of drug-likeness (QED) is 0.694. The Morgan fingerprint density at radius 1 is 1.08 bits per heavy atom. The number of anilines is 1. The van der Waals surface area contributed by atoms with Crippen LogP contribution >= 0.6 is 0 Å². The van der Waals surface area contributed by atoms with Crippen molar-refractivity contribution in [3.05, 3.63) is 83.6 Å². The van der Waals surface area contributed by atoms with Crippen molar-refractivity contribution in [2.75, 3.05) is 4.90 Å². The second kappa shape index (κ2) is 7.30. The number of carbonyl (C=O) groups is 1. The van der Waals surface area contributed by atoms with Gasteiger partial charge in [-0.3, -0.25) is 9.69 Å². The highest BCUT2D eigenvalue weighted by Gasteiger charge is 2.18. The molecule has 0 aliphatic heterocycles. The van der Waals surface area contributed by atoms with Gasteiger partial charge < -0.3 is 4.52 Å². The van der Waals surface area contributed by atoms with Crippen LogP contribution in [0.3, 0.4) is 0 Å². The molecule has 0 unspecified atom stereocenters. The molecule has 2 aromatic carbocycles. The molecule has 118 valence electrons. The summed E-state index contributed by atoms with van der Waals surface area (Å²) in [6.07, 6.45) is 0. The molecule has 1 aromatic heterocycles. The third kappa shape index (κ3) is 3.90. The van der Waals surface area contributed by atoms with E-state index in [1.807, 2.05) is 60.7 Å². The van der Waals surface area contributed by atoms with Crippen LogP contribution in [0, 0.1) is 18.8 Å². The van der Waals surface area contributed by atoms with Crippen LogP contribution in [0.4, 0.5) is 5.82 Å². The summed E-state index contributed by atoms with van der Waals surface area (Å²) in [6, 6.07) is 20.8. The van der Waals surface area contributed by atoms with Crippen LogP contribution in [-0.4, -0.2) is 11.1 Å². The van der Waals surface area contributed by atoms with E-state index in [0.29, 0.717) is 18.1 Å². The lowest BCUT2D eigenvalue weighted by Crippen LogP contribution is -2.29. The molecule has 0 saturated heterocycles. The van der Waals surface area contributed by atoms with E-state index in [0.717, 1.165) is 11.1 Å². The fourth-order valence-electron chi connectivity index (χ4n) is 2.22. The van der Waals surface area contributed by atoms with E-state index >= 15 is 0 Å². The predicted octanol–water partition coefficient (Wildman–Crippen LogP) is 3.57. The Labute approximate surface area is 140 Å². The number of hydrogen-bond donors (Lipinski definition) is 0. The van der Waals surface area contributed by atoms with Crippen LogP contribution in [0.15, 0.2) is 71.3 Å². The van der Waals surface area contributed by atoms with Gasteiger partial charge in [-0.15, -0.1) is 0 Å². The molecule has 0 radical (unpaired) electrons. The molecule has 0 fully saturated rings. The van der Waals surface area contributed by atoms with Crippen LogP contribution in [0.25, 0.3) is 0 Å². The fraction of sp³-hybridized carbons (Fsp3) is 0.100. The highest BCUT2D eigenvalue weighted by molar-refractivity contribution is 6.05. The summed E-state index contributed by atoms with van der Waals surface area (Å²) >= 11 is 0. The molecule has 4 heteroatoms. The normalized spacial score (nSPS) is 9.88. The van der Waals surface area contributed by atoms with Crippen molar-refractivity contribution in [1.29, 1.82) is 0 Å². The van der Waals surface area contributed by atoms with Crippen molar-refractivity contribution < 1.29 is 9.32 Å². The predicted molar refractivity (Wildman–Crippen MR) is 92.2 cm³/mol. The molecule has 4 nitrogen and oxygen atoms in total. The highest BCUT2D eigenvalue weighted by atomic mass is 16.5. The van der Waals surface area contributed by atoms with Crippen molar-refractivity contribution in [3.8, 4) is 11.8 Å². The summed E-state index contributed by atoms with van der Waals surface area (Å²) in [6.45, 7) is 2.17. The van der Waals surface area contributed by atoms with Gasteiger partial charge in [0.25, 0.3) is 0 Å². The van der Waals surface area contributed by atoms with Crippen LogP contribution in [-0.2, 0) is 11.3 Å². The smallest absolute Gasteiger partial charge is 0.304 e. The molecule has 1 heterocycles. The van der Waals surface area contributed by atoms with Gasteiger partial charge in [0.1, 0.15) is 5.76 Å². The molecule has 0 N–H and O–H groups in total. The minimum absolute atomic E-state index is 0.323. The third-order valence-corrected chi connectivity index (χ3v) is 3.41. The zero-order valence-corrected chi connectivity index (χ0v) is 13.3. The highest BCUT2D eigenvalue weighted by Crippen LogP contribution is 2.17. The fourth-order valence-corrected chi connectivity index (χ4v) is 2.22. The van der Waals surface area contributed by atoms with Crippen molar-refractivity contribution in [3.63, 3.8) is 0 Å². The van der Waals surface area contributed by atoms with E-state index in [9.17, 15) is 4.79 Å². The Hall–Kier alpha value is -3.32. The molecule has 3 aromatic rings. The number of aryl methyl sites for hydroxylation is 1. The van der Waals surface area contributed by atoms with Crippen LogP contribution in [0.5, 0.6) is 0 Å². The molecule has 0 aliphatic rings. The van der Waals surface area contributed by atoms with Crippen molar-refractivity contribution in [1.82, 2.24) is 5.16 Å². The topological polar surface area (TPSA) is 46.3 Å². The largest absolute Gasteiger partial charge is 0.360 e. The van der Waals surface area contributed by atoms with E-state index in [2.05, 4.69) is 17.0 Å². The van der Waals surface area contributed by atoms with Gasteiger partial charge in [0.2, 0.25) is 0 Å². The molecule has 0 saturated carbocycles. The van der Waals surface area contributed by atoms with Gasteiger partial charge in [0.05, 0.1) is 6.54 Å². The number of carbonyl (C=O) groups excluding carboxylic acids is 1. The first-order valence-corrected chi connectivity index (χ1v) is 7.58. The van der Waals surface area contributed by atoms with E-state index in [4.69, 9.17) is 4.52 Å². The van der Waals surface area contributed by atoms with Gasteiger partial charge in [-0.1, -0.05) is 59.6 Å². The molecule has 24 heavy (non-hydrogen) atoms. The number of rotatable bonds is 3. The minimum atomic E-state index is -0.323. The van der Waals surface area contributed by atoms with E-state index in [-0.39, 0.29) is 5.91 Å². The number of hydrogen-bond acceptors (Lipinski definition) is 3. The first-order chi connectivity index (χ1) is 11.7. The monoisotopic (exact) mass is 316 g/mol. The first kappa shape index (κ1) is 15.6. The third-order valence-electron chi connectivity index (χ3n) is 3.41. The molecular weight excluding hydrogens is 300 g/mol. The summed E-state index contributed by atoms with van der Waals surface area (Å²) < 4.78 is 5.10. The van der Waals surface area contributed by atoms with Crippen LogP contribution < -0.4 is 4.90 Å². The van der Waals surface area contributed by atoms with Crippen molar-refractivity contribution >= 4 is 11.7 Å². The molecule has 0 atom stereocenters. The van der Waals surface area contributed by atoms with E-state index < -0.39 is 0 Å². The molecule has 0 aliphatic carbocycles. The van der Waals surface area contributed by atoms with Gasteiger partial charge in [-0.05, 0) is 24.6 Å². The Balaban J connectivity index is 1.87. The zero-order valence-electron chi connectivity index (χ0n) is 13.3. The first-order valence-electron chi connectivity index (χ1n) is 7.58. The van der Waals surface area contributed by atoms with Crippen LogP contribution in [0.1, 0.15) is 16.9 Å². The summed E-state index contributed by atoms with van der Waals surface area (Å²) in [5.41, 5.74) is 1.79. The number of aromatic nitrogens is 1. The summed E-state index contributed by atoms with van der Waals surface area (Å²) in [5.74, 6) is 6.35. The van der Waals surface area contributed by atoms with Crippen molar-refractivity contribution in [2.24, 2.45) is 0 Å². The van der Waals surface area contributed by atoms with Gasteiger partial charge in [0.15, 0.2) is 5.82 Å². The maximum atomic E-state index is 12.6. The molecule has 3 rings (SSSR count). The van der Waals surface area contributed by atoms with Gasteiger partial charge in [-0.2, -0.15) is 0 Å². The second-order valence-corrected chi connectivity index (χ2v) is 5.29. The average molecular weight is 316 g/mol. The van der Waals surface area contributed by atoms with E-state index in [1.165, 1.54) is 4.90 Å². The van der Waals surface area contributed by atoms with Gasteiger partial charge in [0, 0.05) is 17.6 Å². The minimum Gasteiger partial charge on any atom is -0.360 e. The maximum absolute atomic E-state index is 12.6. The summed E-state index contributed by atoms with van der Waals surface area (Å²) in [7, 11) is 0. The number of benzene rings is 2.